The molecule has 0 fully saturated rings. The summed E-state index contributed by atoms with van der Waals surface area (Å²) in [4.78, 5) is 11.6. The molecule has 56 heavy (non-hydrogen) atoms. The maximum absolute atomic E-state index is 11.6. The quantitative estimate of drug-likeness (QED) is 0.0204. The molecule has 298 valence electrons. The Morgan fingerprint density at radius 3 is 2.02 bits per heavy atom. The Morgan fingerprint density at radius 2 is 1.46 bits per heavy atom. The van der Waals surface area contributed by atoms with Crippen molar-refractivity contribution in [1.29, 1.82) is 0 Å². The number of hydrogen-bond acceptors (Lipinski definition) is 16. The Labute approximate surface area is 400 Å². The number of fused-ring (bicyclic) bond motifs is 1. The first-order chi connectivity index (χ1) is 24.6. The van der Waals surface area contributed by atoms with Crippen molar-refractivity contribution in [3.05, 3.63) is 47.7 Å². The number of carboxylic acid groups (broad SMARTS) is 1. The molecular weight excluding hydrogens is 848 g/mol. The molecule has 0 bridgehead atoms. The average molecular weight is 892 g/mol. The molecule has 24 heteroatoms. The maximum atomic E-state index is 11.6. The van der Waals surface area contributed by atoms with Gasteiger partial charge in [0.1, 0.15) is 6.54 Å². The van der Waals surface area contributed by atoms with Crippen molar-refractivity contribution in [1.82, 2.24) is 5.01 Å². The van der Waals surface area contributed by atoms with Crippen LogP contribution < -0.4 is 93.9 Å². The van der Waals surface area contributed by atoms with E-state index in [4.69, 9.17) is 5.11 Å². The SMILES string of the molecule is CC1=NN(CCCS(=O)(=O)[O-])/C(=C\C=C\C2=[N+](CCCCCC(=O)O)c3ccc(SOO[O-])cc3C2(C)CCCS(=O)(=O)[O-])C1(C)CCCS(=O)(=O)[O-].[Na+].[Na+].[Na+]. The van der Waals surface area contributed by atoms with E-state index in [1.54, 1.807) is 48.4 Å². The number of unbranched alkanes of at least 4 members (excludes halogenated alkanes) is 2. The predicted molar refractivity (Wildman–Crippen MR) is 190 cm³/mol. The van der Waals surface area contributed by atoms with Crippen LogP contribution in [0.5, 0.6) is 0 Å². The summed E-state index contributed by atoms with van der Waals surface area (Å²) >= 11 is 0.671. The molecule has 0 saturated carbocycles. The molecule has 2 aliphatic rings. The number of aliphatic carboxylic acids is 1. The van der Waals surface area contributed by atoms with Crippen LogP contribution in [-0.4, -0.2) is 101 Å². The summed E-state index contributed by atoms with van der Waals surface area (Å²) in [5, 5.41) is 29.3. The van der Waals surface area contributed by atoms with Crippen LogP contribution in [-0.2, 0) is 49.9 Å². The minimum Gasteiger partial charge on any atom is -0.748 e. The molecule has 2 atom stereocenters. The number of allylic oxidation sites excluding steroid dienone is 4. The van der Waals surface area contributed by atoms with Gasteiger partial charge in [0.05, 0.1) is 47.8 Å². The van der Waals surface area contributed by atoms with Gasteiger partial charge in [0, 0.05) is 76.1 Å². The molecule has 2 heterocycles. The Balaban J connectivity index is 0.0000101. The second-order valence-electron chi connectivity index (χ2n) is 13.4. The molecule has 3 rings (SSSR count). The van der Waals surface area contributed by atoms with Gasteiger partial charge < -0.3 is 24.0 Å². The largest absolute Gasteiger partial charge is 1.00 e. The molecule has 0 amide bonds. The number of rotatable bonds is 23. The van der Waals surface area contributed by atoms with E-state index in [0.29, 0.717) is 59.9 Å². The van der Waals surface area contributed by atoms with Crippen molar-refractivity contribution in [3.8, 4) is 0 Å². The molecule has 1 aromatic carbocycles. The van der Waals surface area contributed by atoms with Crippen LogP contribution in [0.3, 0.4) is 0 Å². The van der Waals surface area contributed by atoms with Crippen LogP contribution in [0.25, 0.3) is 0 Å². The van der Waals surface area contributed by atoms with Crippen LogP contribution >= 0.6 is 12.0 Å². The summed E-state index contributed by atoms with van der Waals surface area (Å²) in [5.41, 5.74) is 1.55. The summed E-state index contributed by atoms with van der Waals surface area (Å²) in [7, 11) is -13.6. The standard InChI is InChI=1S/C32H47N3O14S4.3Na/c1-24-31(2,16-8-20-51(39,40)41)29(35(33-24)19-10-22-53(45,46)47)12-7-11-28-32(3,17-9-21-52(42,43)44)26-23-25(50-49-48-38)14-15-27(26)34(28)18-6-4-5-13-30(36)37;;;/h7,11-12,14-15,23H,4-6,8-10,13,16-22H2,1-3H3,(H4-,36,37,38,39,40,41,42,43,44,45,46,47);;;/q;3*+1/p-3. The van der Waals surface area contributed by atoms with E-state index < -0.39 is 64.4 Å². The van der Waals surface area contributed by atoms with Crippen molar-refractivity contribution in [2.75, 3.05) is 30.3 Å². The fourth-order valence-corrected chi connectivity index (χ4v) is 8.63. The Hall–Kier alpha value is 0.270. The van der Waals surface area contributed by atoms with Gasteiger partial charge in [0.25, 0.3) is 0 Å². The van der Waals surface area contributed by atoms with Gasteiger partial charge >= 0.3 is 94.6 Å². The zero-order valence-corrected chi connectivity index (χ0v) is 41.9. The number of hydrogen-bond donors (Lipinski definition) is 1. The van der Waals surface area contributed by atoms with Crippen LogP contribution in [0, 0.1) is 5.41 Å². The first kappa shape index (κ1) is 56.3. The Morgan fingerprint density at radius 1 is 0.893 bits per heavy atom. The van der Waals surface area contributed by atoms with Crippen LogP contribution in [0.15, 0.2) is 52.1 Å². The zero-order valence-electron chi connectivity index (χ0n) is 32.6. The second-order valence-corrected chi connectivity index (χ2v) is 18.7. The van der Waals surface area contributed by atoms with Crippen molar-refractivity contribution < 1.29 is 157 Å². The summed E-state index contributed by atoms with van der Waals surface area (Å²) < 4.78 is 110. The zero-order chi connectivity index (χ0) is 39.7. The minimum absolute atomic E-state index is 0. The Kier molecular flexibility index (Phi) is 24.8. The number of nitrogens with zero attached hydrogens (tertiary/aromatic N) is 3. The van der Waals surface area contributed by atoms with E-state index in [1.807, 2.05) is 18.4 Å². The van der Waals surface area contributed by atoms with E-state index in [-0.39, 0.29) is 134 Å². The Bertz CT molecular complexity index is 1960. The van der Waals surface area contributed by atoms with Gasteiger partial charge in [0.15, 0.2) is 5.71 Å². The third-order valence-corrected chi connectivity index (χ3v) is 12.4. The molecule has 0 radical (unpaired) electrons. The third kappa shape index (κ3) is 17.3. The van der Waals surface area contributed by atoms with Gasteiger partial charge in [-0.15, -0.1) is 0 Å². The van der Waals surface area contributed by atoms with E-state index in [9.17, 15) is 49.0 Å². The molecule has 0 saturated heterocycles. The van der Waals surface area contributed by atoms with E-state index in [0.717, 1.165) is 11.3 Å². The first-order valence-corrected chi connectivity index (χ1v) is 22.2. The maximum Gasteiger partial charge on any atom is 1.00 e. The fraction of sp³-hybridized carbons (Fsp3) is 0.594. The fourth-order valence-electron chi connectivity index (χ4n) is 6.75. The van der Waals surface area contributed by atoms with Gasteiger partial charge in [-0.2, -0.15) is 14.0 Å². The van der Waals surface area contributed by atoms with Crippen molar-refractivity contribution in [3.63, 3.8) is 0 Å². The molecule has 17 nitrogen and oxygen atoms in total. The van der Waals surface area contributed by atoms with Gasteiger partial charge in [-0.05, 0) is 83.9 Å². The topological polar surface area (TPSA) is 269 Å². The molecule has 1 aromatic rings. The molecular formula is C32H44N3Na3O14S4. The van der Waals surface area contributed by atoms with Gasteiger partial charge in [-0.1, -0.05) is 6.08 Å². The van der Waals surface area contributed by atoms with Crippen LogP contribution in [0.4, 0.5) is 5.69 Å². The van der Waals surface area contributed by atoms with E-state index in [1.165, 1.54) is 0 Å². The molecule has 1 N–H and O–H groups in total. The van der Waals surface area contributed by atoms with Crippen molar-refractivity contribution in [2.45, 2.75) is 88.9 Å². The number of hydrazone groups is 1. The minimum atomic E-state index is -4.54. The number of carboxylic acids is 1. The smallest absolute Gasteiger partial charge is 0.748 e. The predicted octanol–water partition coefficient (Wildman–Crippen LogP) is -6.35. The van der Waals surface area contributed by atoms with Gasteiger partial charge in [0.2, 0.25) is 5.69 Å². The second kappa shape index (κ2) is 24.6. The van der Waals surface area contributed by atoms with Gasteiger partial charge in [-0.3, -0.25) is 14.8 Å². The molecule has 2 unspecified atom stereocenters. The van der Waals surface area contributed by atoms with Crippen LogP contribution in [0.2, 0.25) is 0 Å². The molecule has 0 aromatic heterocycles. The van der Waals surface area contributed by atoms with Crippen molar-refractivity contribution in [2.24, 2.45) is 10.5 Å². The first-order valence-electron chi connectivity index (χ1n) is 16.8. The molecule has 0 spiro atoms. The molecule has 0 aliphatic carbocycles. The van der Waals surface area contributed by atoms with Crippen molar-refractivity contribution >= 4 is 65.5 Å². The van der Waals surface area contributed by atoms with Crippen LogP contribution in [0.1, 0.15) is 84.1 Å². The van der Waals surface area contributed by atoms with E-state index in [2.05, 4.69) is 14.5 Å². The monoisotopic (exact) mass is 891 g/mol. The van der Waals surface area contributed by atoms with Gasteiger partial charge in [-0.25, -0.2) is 25.3 Å². The summed E-state index contributed by atoms with van der Waals surface area (Å²) in [6, 6.07) is 5.26. The molecule has 2 aliphatic heterocycles. The normalized spacial score (nSPS) is 20.4. The third-order valence-electron chi connectivity index (χ3n) is 9.47. The number of benzene rings is 1. The summed E-state index contributed by atoms with van der Waals surface area (Å²) in [6.45, 7) is 5.90. The summed E-state index contributed by atoms with van der Waals surface area (Å²) in [6.07, 6.45) is 7.27. The number of carbonyl (C=O) groups is 1. The van der Waals surface area contributed by atoms with E-state index >= 15 is 0 Å². The average Bonchev–Trinajstić information content (AvgIpc) is 3.39. The summed E-state index contributed by atoms with van der Waals surface area (Å²) in [5.74, 6) is -2.76.